The van der Waals surface area contributed by atoms with Crippen molar-refractivity contribution in [2.75, 3.05) is 25.5 Å². The van der Waals surface area contributed by atoms with Gasteiger partial charge in [-0.1, -0.05) is 0 Å². The summed E-state index contributed by atoms with van der Waals surface area (Å²) in [6.45, 7) is 6.82. The van der Waals surface area contributed by atoms with Gasteiger partial charge in [-0.05, 0) is 64.4 Å². The summed E-state index contributed by atoms with van der Waals surface area (Å²) in [6, 6.07) is 2.70. The molecule has 0 saturated carbocycles. The van der Waals surface area contributed by atoms with Gasteiger partial charge in [-0.25, -0.2) is 0 Å². The molecule has 1 unspecified atom stereocenters. The molecule has 0 amide bonds. The van der Waals surface area contributed by atoms with Crippen LogP contribution in [0.15, 0.2) is 18.5 Å². The average Bonchev–Trinajstić information content (AvgIpc) is 2.29. The highest BCUT2D eigenvalue weighted by molar-refractivity contribution is 5.43. The number of aromatic nitrogens is 1. The maximum Gasteiger partial charge on any atom is 0.0531 e. The molecule has 1 N–H and O–H groups in total. The van der Waals surface area contributed by atoms with E-state index in [1.807, 2.05) is 12.4 Å². The second-order valence-electron chi connectivity index (χ2n) is 5.32. The van der Waals surface area contributed by atoms with Crippen LogP contribution >= 0.6 is 0 Å². The van der Waals surface area contributed by atoms with Crippen molar-refractivity contribution in [3.8, 4) is 0 Å². The predicted molar refractivity (Wildman–Crippen MR) is 72.3 cm³/mol. The smallest absolute Gasteiger partial charge is 0.0531 e. The highest BCUT2D eigenvalue weighted by Gasteiger charge is 2.22. The first-order valence-electron chi connectivity index (χ1n) is 6.52. The lowest BCUT2D eigenvalue weighted by Crippen LogP contribution is -2.37. The Kier molecular flexibility index (Phi) is 4.00. The molecule has 1 atom stereocenters. The minimum atomic E-state index is 0.535. The molecule has 1 fully saturated rings. The van der Waals surface area contributed by atoms with Crippen LogP contribution in [0.4, 0.5) is 5.69 Å². The van der Waals surface area contributed by atoms with Gasteiger partial charge in [-0.3, -0.25) is 4.98 Å². The minimum absolute atomic E-state index is 0.535. The van der Waals surface area contributed by atoms with Crippen molar-refractivity contribution in [3.05, 3.63) is 24.0 Å². The van der Waals surface area contributed by atoms with Crippen LogP contribution in [-0.2, 0) is 0 Å². The zero-order valence-electron chi connectivity index (χ0n) is 11.1. The van der Waals surface area contributed by atoms with Crippen LogP contribution in [0.2, 0.25) is 0 Å². The molecule has 94 valence electrons. The summed E-state index contributed by atoms with van der Waals surface area (Å²) in [4.78, 5) is 6.64. The van der Waals surface area contributed by atoms with Gasteiger partial charge in [0.2, 0.25) is 0 Å². The van der Waals surface area contributed by atoms with Gasteiger partial charge in [0.1, 0.15) is 0 Å². The Hall–Kier alpha value is -1.09. The van der Waals surface area contributed by atoms with Crippen LogP contribution in [0, 0.1) is 12.8 Å². The first kappa shape index (κ1) is 12.4. The Bertz CT molecular complexity index is 356. The molecule has 0 bridgehead atoms. The molecule has 0 aliphatic carbocycles. The Morgan fingerprint density at radius 1 is 1.35 bits per heavy atom. The van der Waals surface area contributed by atoms with Gasteiger partial charge in [0.25, 0.3) is 0 Å². The monoisotopic (exact) mass is 233 g/mol. The van der Waals surface area contributed by atoms with E-state index in [1.54, 1.807) is 0 Å². The summed E-state index contributed by atoms with van der Waals surface area (Å²) in [5.74, 6) is 0.784. The molecule has 2 rings (SSSR count). The van der Waals surface area contributed by atoms with Gasteiger partial charge >= 0.3 is 0 Å². The number of nitrogens with one attached hydrogen (secondary N) is 1. The van der Waals surface area contributed by atoms with E-state index >= 15 is 0 Å². The van der Waals surface area contributed by atoms with E-state index in [9.17, 15) is 0 Å². The Morgan fingerprint density at radius 3 is 2.71 bits per heavy atom. The minimum Gasteiger partial charge on any atom is -0.381 e. The fraction of sp³-hybridized carbons (Fsp3) is 0.643. The molecule has 1 aromatic rings. The summed E-state index contributed by atoms with van der Waals surface area (Å²) < 4.78 is 0. The van der Waals surface area contributed by atoms with Gasteiger partial charge in [0.05, 0.1) is 5.69 Å². The summed E-state index contributed by atoms with van der Waals surface area (Å²) in [5.41, 5.74) is 2.36. The topological polar surface area (TPSA) is 28.2 Å². The maximum absolute atomic E-state index is 4.22. The quantitative estimate of drug-likeness (QED) is 0.869. The van der Waals surface area contributed by atoms with Crippen LogP contribution in [-0.4, -0.2) is 36.1 Å². The number of hydrogen-bond donors (Lipinski definition) is 1. The first-order valence-corrected chi connectivity index (χ1v) is 6.52. The molecule has 0 aromatic carbocycles. The molecule has 0 radical (unpaired) electrons. The second kappa shape index (κ2) is 5.50. The summed E-state index contributed by atoms with van der Waals surface area (Å²) >= 11 is 0. The summed E-state index contributed by atoms with van der Waals surface area (Å²) in [7, 11) is 2.21. The van der Waals surface area contributed by atoms with Crippen LogP contribution in [0.1, 0.15) is 25.3 Å². The molecular weight excluding hydrogens is 210 g/mol. The van der Waals surface area contributed by atoms with E-state index in [1.165, 1.54) is 31.5 Å². The lowest BCUT2D eigenvalue weighted by molar-refractivity contribution is 0.208. The standard InChI is InChI=1S/C14H23N3/c1-11-8-14(10-15-9-11)16-12(2)13-4-6-17(3)7-5-13/h8-10,12-13,16H,4-7H2,1-3H3. The van der Waals surface area contributed by atoms with Crippen LogP contribution in [0.25, 0.3) is 0 Å². The third kappa shape index (κ3) is 3.43. The molecule has 0 spiro atoms. The highest BCUT2D eigenvalue weighted by atomic mass is 15.1. The van der Waals surface area contributed by atoms with Gasteiger partial charge in [-0.15, -0.1) is 0 Å². The second-order valence-corrected chi connectivity index (χ2v) is 5.32. The molecule has 2 heterocycles. The number of piperidine rings is 1. The van der Waals surface area contributed by atoms with E-state index in [0.29, 0.717) is 6.04 Å². The van der Waals surface area contributed by atoms with E-state index in [-0.39, 0.29) is 0 Å². The fourth-order valence-electron chi connectivity index (χ4n) is 2.54. The molecule has 1 aromatic heterocycles. The normalized spacial score (nSPS) is 20.2. The third-order valence-corrected chi connectivity index (χ3v) is 3.74. The SMILES string of the molecule is Cc1cncc(NC(C)C2CCN(C)CC2)c1. The molecule has 17 heavy (non-hydrogen) atoms. The van der Waals surface area contributed by atoms with Gasteiger partial charge in [0.15, 0.2) is 0 Å². The molecule has 3 heteroatoms. The number of pyridine rings is 1. The van der Waals surface area contributed by atoms with Gasteiger partial charge in [0, 0.05) is 18.4 Å². The maximum atomic E-state index is 4.22. The van der Waals surface area contributed by atoms with Gasteiger partial charge in [-0.2, -0.15) is 0 Å². The molecular formula is C14H23N3. The van der Waals surface area contributed by atoms with Crippen molar-refractivity contribution < 1.29 is 0 Å². The third-order valence-electron chi connectivity index (χ3n) is 3.74. The Balaban J connectivity index is 1.90. The number of rotatable bonds is 3. The lowest BCUT2D eigenvalue weighted by Gasteiger charge is -2.33. The van der Waals surface area contributed by atoms with Gasteiger partial charge < -0.3 is 10.2 Å². The van der Waals surface area contributed by atoms with Crippen molar-refractivity contribution in [1.29, 1.82) is 0 Å². The lowest BCUT2D eigenvalue weighted by atomic mass is 9.90. The van der Waals surface area contributed by atoms with Crippen molar-refractivity contribution >= 4 is 5.69 Å². The Labute approximate surface area is 104 Å². The largest absolute Gasteiger partial charge is 0.381 e. The first-order chi connectivity index (χ1) is 8.15. The van der Waals surface area contributed by atoms with Crippen molar-refractivity contribution in [3.63, 3.8) is 0 Å². The predicted octanol–water partition coefficient (Wildman–Crippen LogP) is 2.53. The number of likely N-dealkylation sites (tertiary alicyclic amines) is 1. The van der Waals surface area contributed by atoms with Crippen LogP contribution in [0.5, 0.6) is 0 Å². The zero-order chi connectivity index (χ0) is 12.3. The summed E-state index contributed by atoms with van der Waals surface area (Å²) in [6.07, 6.45) is 6.40. The molecule has 1 aliphatic rings. The number of hydrogen-bond acceptors (Lipinski definition) is 3. The Morgan fingerprint density at radius 2 is 2.06 bits per heavy atom. The zero-order valence-corrected chi connectivity index (χ0v) is 11.1. The molecule has 1 aliphatic heterocycles. The molecule has 3 nitrogen and oxygen atoms in total. The van der Waals surface area contributed by atoms with E-state index in [2.05, 4.69) is 42.2 Å². The number of aryl methyl sites for hydroxylation is 1. The van der Waals surface area contributed by atoms with Crippen LogP contribution in [0.3, 0.4) is 0 Å². The fourth-order valence-corrected chi connectivity index (χ4v) is 2.54. The van der Waals surface area contributed by atoms with Crippen molar-refractivity contribution in [2.45, 2.75) is 32.7 Å². The highest BCUT2D eigenvalue weighted by Crippen LogP contribution is 2.22. The van der Waals surface area contributed by atoms with E-state index in [4.69, 9.17) is 0 Å². The number of anilines is 1. The van der Waals surface area contributed by atoms with Crippen molar-refractivity contribution in [2.24, 2.45) is 5.92 Å². The van der Waals surface area contributed by atoms with Crippen LogP contribution < -0.4 is 5.32 Å². The summed E-state index contributed by atoms with van der Waals surface area (Å²) in [5, 5.41) is 3.59. The van der Waals surface area contributed by atoms with E-state index in [0.717, 1.165) is 11.6 Å². The van der Waals surface area contributed by atoms with E-state index < -0.39 is 0 Å². The van der Waals surface area contributed by atoms with Crippen molar-refractivity contribution in [1.82, 2.24) is 9.88 Å². The average molecular weight is 233 g/mol. The molecule has 1 saturated heterocycles. The number of nitrogens with zero attached hydrogens (tertiary/aromatic N) is 2.